The van der Waals surface area contributed by atoms with Gasteiger partial charge in [0.25, 0.3) is 5.91 Å². The van der Waals surface area contributed by atoms with Gasteiger partial charge in [0.05, 0.1) is 12.6 Å². The number of likely N-dealkylation sites (tertiary alicyclic amines) is 1. The third-order valence-electron chi connectivity index (χ3n) is 4.70. The number of hydrogen-bond donors (Lipinski definition) is 0. The highest BCUT2D eigenvalue weighted by Crippen LogP contribution is 2.32. The van der Waals surface area contributed by atoms with Crippen molar-refractivity contribution in [3.05, 3.63) is 22.4 Å². The molecule has 0 aliphatic carbocycles. The Bertz CT molecular complexity index is 648. The Kier molecular flexibility index (Phi) is 5.39. The van der Waals surface area contributed by atoms with Gasteiger partial charge in [0.2, 0.25) is 5.91 Å². The second kappa shape index (κ2) is 7.53. The maximum atomic E-state index is 12.9. The summed E-state index contributed by atoms with van der Waals surface area (Å²) in [7, 11) is 1.46. The minimum absolute atomic E-state index is 0.0524. The summed E-state index contributed by atoms with van der Waals surface area (Å²) in [4.78, 5) is 43.9. The van der Waals surface area contributed by atoms with Crippen LogP contribution in [0.15, 0.2) is 17.5 Å². The minimum atomic E-state index is -0.605. The third kappa shape index (κ3) is 3.28. The molecule has 0 radical (unpaired) electrons. The standard InChI is InChI=1S/C17H23N3O4S/c1-3-7-19-16(22)15-13(6-8-18(15)14(21)11-24-2)20(17(19)23)10-12-5-4-9-25-12/h4-5,9,13,15H,3,6-8,10-11H2,1-2H3/t13-,15+/m1/s1. The summed E-state index contributed by atoms with van der Waals surface area (Å²) in [6.07, 6.45) is 1.30. The van der Waals surface area contributed by atoms with Crippen molar-refractivity contribution >= 4 is 29.2 Å². The van der Waals surface area contributed by atoms with E-state index >= 15 is 0 Å². The van der Waals surface area contributed by atoms with Gasteiger partial charge in [0, 0.05) is 25.1 Å². The number of imide groups is 1. The average Bonchev–Trinajstić information content (AvgIpc) is 3.25. The van der Waals surface area contributed by atoms with Gasteiger partial charge in [-0.3, -0.25) is 14.5 Å². The number of hydrogen-bond acceptors (Lipinski definition) is 5. The van der Waals surface area contributed by atoms with Crippen molar-refractivity contribution in [2.75, 3.05) is 26.8 Å². The molecule has 4 amide bonds. The lowest BCUT2D eigenvalue weighted by molar-refractivity contribution is -0.148. The first-order valence-corrected chi connectivity index (χ1v) is 9.39. The molecular weight excluding hydrogens is 342 g/mol. The average molecular weight is 365 g/mol. The Morgan fingerprint density at radius 3 is 2.84 bits per heavy atom. The molecule has 2 fully saturated rings. The quantitative estimate of drug-likeness (QED) is 0.767. The van der Waals surface area contributed by atoms with Gasteiger partial charge in [-0.15, -0.1) is 11.3 Å². The van der Waals surface area contributed by atoms with Gasteiger partial charge < -0.3 is 14.5 Å². The highest BCUT2D eigenvalue weighted by atomic mass is 32.1. The molecule has 3 rings (SSSR count). The molecule has 7 nitrogen and oxygen atoms in total. The van der Waals surface area contributed by atoms with Crippen LogP contribution in [0.2, 0.25) is 0 Å². The fourth-order valence-electron chi connectivity index (χ4n) is 3.62. The van der Waals surface area contributed by atoms with E-state index in [4.69, 9.17) is 4.74 Å². The first-order chi connectivity index (χ1) is 12.1. The van der Waals surface area contributed by atoms with E-state index in [-0.39, 0.29) is 30.5 Å². The fourth-order valence-corrected chi connectivity index (χ4v) is 4.32. The molecule has 0 unspecified atom stereocenters. The van der Waals surface area contributed by atoms with Crippen molar-refractivity contribution in [2.24, 2.45) is 0 Å². The van der Waals surface area contributed by atoms with Crippen molar-refractivity contribution < 1.29 is 19.1 Å². The largest absolute Gasteiger partial charge is 0.375 e. The first-order valence-electron chi connectivity index (χ1n) is 8.51. The Hall–Kier alpha value is -1.93. The minimum Gasteiger partial charge on any atom is -0.375 e. The van der Waals surface area contributed by atoms with E-state index in [1.165, 1.54) is 12.0 Å². The Morgan fingerprint density at radius 2 is 2.20 bits per heavy atom. The molecule has 25 heavy (non-hydrogen) atoms. The van der Waals surface area contributed by atoms with Crippen LogP contribution in [-0.2, 0) is 20.9 Å². The zero-order valence-electron chi connectivity index (χ0n) is 14.5. The van der Waals surface area contributed by atoms with Crippen molar-refractivity contribution in [1.82, 2.24) is 14.7 Å². The smallest absolute Gasteiger partial charge is 0.327 e. The molecule has 136 valence electrons. The summed E-state index contributed by atoms with van der Waals surface area (Å²) >= 11 is 1.59. The maximum Gasteiger partial charge on any atom is 0.327 e. The molecule has 0 saturated carbocycles. The second-order valence-electron chi connectivity index (χ2n) is 6.30. The molecule has 0 N–H and O–H groups in total. The van der Waals surface area contributed by atoms with E-state index in [9.17, 15) is 14.4 Å². The van der Waals surface area contributed by atoms with E-state index < -0.39 is 6.04 Å². The lowest BCUT2D eigenvalue weighted by Gasteiger charge is -2.43. The molecule has 3 heterocycles. The Balaban J connectivity index is 1.89. The number of rotatable bonds is 6. The number of carbonyl (C=O) groups is 3. The van der Waals surface area contributed by atoms with E-state index in [2.05, 4.69) is 0 Å². The van der Waals surface area contributed by atoms with E-state index in [1.807, 2.05) is 24.4 Å². The molecule has 2 aliphatic rings. The van der Waals surface area contributed by atoms with Crippen molar-refractivity contribution in [1.29, 1.82) is 0 Å². The van der Waals surface area contributed by atoms with Crippen LogP contribution >= 0.6 is 11.3 Å². The zero-order chi connectivity index (χ0) is 18.0. The first kappa shape index (κ1) is 17.9. The molecule has 1 aromatic rings. The zero-order valence-corrected chi connectivity index (χ0v) is 15.3. The van der Waals surface area contributed by atoms with Crippen LogP contribution in [0.1, 0.15) is 24.6 Å². The number of carbonyl (C=O) groups excluding carboxylic acids is 3. The van der Waals surface area contributed by atoms with Crippen molar-refractivity contribution in [3.63, 3.8) is 0 Å². The summed E-state index contributed by atoms with van der Waals surface area (Å²) < 4.78 is 4.94. The second-order valence-corrected chi connectivity index (χ2v) is 7.33. The number of urea groups is 1. The van der Waals surface area contributed by atoms with Gasteiger partial charge in [0.1, 0.15) is 12.6 Å². The van der Waals surface area contributed by atoms with Gasteiger partial charge in [-0.1, -0.05) is 13.0 Å². The molecule has 8 heteroatoms. The fraction of sp³-hybridized carbons (Fsp3) is 0.588. The van der Waals surface area contributed by atoms with Crippen LogP contribution in [0, 0.1) is 0 Å². The highest BCUT2D eigenvalue weighted by molar-refractivity contribution is 7.09. The van der Waals surface area contributed by atoms with Gasteiger partial charge >= 0.3 is 6.03 Å². The normalized spacial score (nSPS) is 23.4. The van der Waals surface area contributed by atoms with Gasteiger partial charge in [-0.25, -0.2) is 4.79 Å². The summed E-state index contributed by atoms with van der Waals surface area (Å²) in [6.45, 7) is 3.19. The van der Waals surface area contributed by atoms with Gasteiger partial charge in [-0.05, 0) is 24.3 Å². The highest BCUT2D eigenvalue weighted by Gasteiger charge is 2.52. The number of amides is 4. The van der Waals surface area contributed by atoms with Crippen LogP contribution < -0.4 is 0 Å². The molecule has 2 aliphatic heterocycles. The van der Waals surface area contributed by atoms with E-state index in [0.29, 0.717) is 32.5 Å². The molecular formula is C17H23N3O4S. The monoisotopic (exact) mass is 365 g/mol. The molecule has 0 bridgehead atoms. The van der Waals surface area contributed by atoms with Crippen molar-refractivity contribution in [3.8, 4) is 0 Å². The lowest BCUT2D eigenvalue weighted by Crippen LogP contribution is -2.65. The molecule has 0 spiro atoms. The predicted octanol–water partition coefficient (Wildman–Crippen LogP) is 1.54. The van der Waals surface area contributed by atoms with Crippen LogP contribution in [0.4, 0.5) is 4.79 Å². The summed E-state index contributed by atoms with van der Waals surface area (Å²) in [5.74, 6) is -0.466. The number of nitrogens with zero attached hydrogens (tertiary/aromatic N) is 3. The van der Waals surface area contributed by atoms with Crippen LogP contribution in [0.25, 0.3) is 0 Å². The Labute approximate surface area is 151 Å². The summed E-state index contributed by atoms with van der Waals surface area (Å²) in [5.41, 5.74) is 0. The summed E-state index contributed by atoms with van der Waals surface area (Å²) in [5, 5.41) is 1.97. The molecule has 1 aromatic heterocycles. The van der Waals surface area contributed by atoms with Crippen LogP contribution in [0.5, 0.6) is 0 Å². The van der Waals surface area contributed by atoms with E-state index in [1.54, 1.807) is 21.1 Å². The molecule has 0 aromatic carbocycles. The number of thiophene rings is 1. The molecule has 2 atom stereocenters. The lowest BCUT2D eigenvalue weighted by atomic mass is 10.0. The predicted molar refractivity (Wildman–Crippen MR) is 93.0 cm³/mol. The third-order valence-corrected chi connectivity index (χ3v) is 5.56. The van der Waals surface area contributed by atoms with Crippen LogP contribution in [-0.4, -0.2) is 71.4 Å². The molecule has 2 saturated heterocycles. The number of methoxy groups -OCH3 is 1. The number of ether oxygens (including phenoxy) is 1. The van der Waals surface area contributed by atoms with Crippen LogP contribution in [0.3, 0.4) is 0 Å². The maximum absolute atomic E-state index is 12.9. The van der Waals surface area contributed by atoms with Gasteiger partial charge in [0.15, 0.2) is 0 Å². The Morgan fingerprint density at radius 1 is 1.40 bits per heavy atom. The topological polar surface area (TPSA) is 70.2 Å². The van der Waals surface area contributed by atoms with Crippen molar-refractivity contribution in [2.45, 2.75) is 38.4 Å². The SMILES string of the molecule is CCCN1C(=O)[C@@H]2[C@@H](CCN2C(=O)COC)N(Cc2cccs2)C1=O. The number of fused-ring (bicyclic) bond motifs is 1. The summed E-state index contributed by atoms with van der Waals surface area (Å²) in [6, 6.07) is 2.81. The van der Waals surface area contributed by atoms with Gasteiger partial charge in [-0.2, -0.15) is 0 Å². The van der Waals surface area contributed by atoms with E-state index in [0.717, 1.165) is 4.88 Å².